The predicted octanol–water partition coefficient (Wildman–Crippen LogP) is -1.17. The molecule has 0 aliphatic rings. The Morgan fingerprint density at radius 3 is 1.33 bits per heavy atom. The summed E-state index contributed by atoms with van der Waals surface area (Å²) in [6, 6.07) is 0. The van der Waals surface area contributed by atoms with E-state index < -0.39 is 6.16 Å². The van der Waals surface area contributed by atoms with E-state index in [2.05, 4.69) is 0 Å². The van der Waals surface area contributed by atoms with Gasteiger partial charge in [0.1, 0.15) is 0 Å². The number of ether oxygens (including phenoxy) is 3. The zero-order valence-corrected chi connectivity index (χ0v) is 8.13. The Morgan fingerprint density at radius 1 is 1.00 bits per heavy atom. The molecule has 0 bridgehead atoms. The molecule has 0 rings (SSSR count). The maximum Gasteiger partial charge on any atom is 0.401 e. The van der Waals surface area contributed by atoms with Gasteiger partial charge in [0.15, 0.2) is 10.5 Å². The molecule has 0 saturated carbocycles. The highest BCUT2D eigenvalue weighted by Gasteiger charge is 2.28. The molecule has 56 valence electrons. The third kappa shape index (κ3) is 2.03. The van der Waals surface area contributed by atoms with Crippen molar-refractivity contribution >= 4 is 10.5 Å². The van der Waals surface area contributed by atoms with Gasteiger partial charge in [-0.1, -0.05) is 0 Å². The SMILES string of the molecule is COC(OC)(OC)O[SiH3]. The van der Waals surface area contributed by atoms with Gasteiger partial charge in [-0.15, -0.1) is 0 Å². The fraction of sp³-hybridized carbons (Fsp3) is 1.00. The van der Waals surface area contributed by atoms with Crippen LogP contribution in [-0.2, 0) is 18.6 Å². The van der Waals surface area contributed by atoms with Gasteiger partial charge < -0.3 is 18.6 Å². The zero-order valence-electron chi connectivity index (χ0n) is 6.13. The Hall–Kier alpha value is 0.0569. The van der Waals surface area contributed by atoms with E-state index in [1.165, 1.54) is 21.3 Å². The first kappa shape index (κ1) is 9.06. The number of hydrogen-bond acceptors (Lipinski definition) is 4. The van der Waals surface area contributed by atoms with Crippen molar-refractivity contribution in [1.82, 2.24) is 0 Å². The molecule has 0 aromatic heterocycles. The molecule has 0 atom stereocenters. The Balaban J connectivity index is 3.82. The highest BCUT2D eigenvalue weighted by atomic mass is 28.2. The lowest BCUT2D eigenvalue weighted by atomic mass is 11.0. The Morgan fingerprint density at radius 2 is 1.33 bits per heavy atom. The van der Waals surface area contributed by atoms with Crippen molar-refractivity contribution in [3.05, 3.63) is 0 Å². The highest BCUT2D eigenvalue weighted by Crippen LogP contribution is 2.10. The lowest BCUT2D eigenvalue weighted by Gasteiger charge is -2.25. The first-order chi connectivity index (χ1) is 4.24. The Bertz CT molecular complexity index is 55.5. The number of hydrogen-bond donors (Lipinski definition) is 0. The maximum atomic E-state index is 4.86. The highest BCUT2D eigenvalue weighted by molar-refractivity contribution is 5.98. The third-order valence-electron chi connectivity index (χ3n) is 1.00. The molecule has 0 aromatic rings. The van der Waals surface area contributed by atoms with Crippen LogP contribution in [0.5, 0.6) is 0 Å². The summed E-state index contributed by atoms with van der Waals surface area (Å²) < 4.78 is 19.1. The minimum absolute atomic E-state index is 0.500. The second kappa shape index (κ2) is 3.97. The van der Waals surface area contributed by atoms with E-state index >= 15 is 0 Å². The fourth-order valence-electron chi connectivity index (χ4n) is 0.500. The summed E-state index contributed by atoms with van der Waals surface area (Å²) in [5.74, 6) is 0. The summed E-state index contributed by atoms with van der Waals surface area (Å²) in [5, 5.41) is 0. The maximum absolute atomic E-state index is 4.86. The van der Waals surface area contributed by atoms with Gasteiger partial charge >= 0.3 is 6.16 Å². The van der Waals surface area contributed by atoms with E-state index in [9.17, 15) is 0 Å². The minimum atomic E-state index is -1.27. The zero-order chi connectivity index (χ0) is 7.33. The molecule has 0 amide bonds. The van der Waals surface area contributed by atoms with Crippen molar-refractivity contribution in [1.29, 1.82) is 0 Å². The van der Waals surface area contributed by atoms with Gasteiger partial charge in [-0.2, -0.15) is 0 Å². The van der Waals surface area contributed by atoms with Crippen molar-refractivity contribution in [2.75, 3.05) is 21.3 Å². The van der Waals surface area contributed by atoms with Crippen LogP contribution in [0.15, 0.2) is 0 Å². The summed E-state index contributed by atoms with van der Waals surface area (Å²) in [4.78, 5) is 0. The fourth-order valence-corrected chi connectivity index (χ4v) is 1.00. The molecule has 0 aliphatic heterocycles. The smallest absolute Gasteiger partial charge is 0.357 e. The predicted molar refractivity (Wildman–Crippen MR) is 34.8 cm³/mol. The molecule has 4 nitrogen and oxygen atoms in total. The van der Waals surface area contributed by atoms with Crippen molar-refractivity contribution in [3.8, 4) is 0 Å². The van der Waals surface area contributed by atoms with E-state index in [0.717, 1.165) is 0 Å². The molecule has 0 N–H and O–H groups in total. The van der Waals surface area contributed by atoms with Gasteiger partial charge in [-0.05, 0) is 0 Å². The van der Waals surface area contributed by atoms with E-state index in [1.54, 1.807) is 0 Å². The van der Waals surface area contributed by atoms with Gasteiger partial charge in [0.2, 0.25) is 0 Å². The molecule has 0 aromatic carbocycles. The molecule has 9 heavy (non-hydrogen) atoms. The van der Waals surface area contributed by atoms with Crippen LogP contribution in [0.1, 0.15) is 0 Å². The summed E-state index contributed by atoms with van der Waals surface area (Å²) in [6.45, 7) is 0. The molecule has 0 fully saturated rings. The van der Waals surface area contributed by atoms with Crippen LogP contribution in [-0.4, -0.2) is 38.0 Å². The number of rotatable bonds is 4. The average Bonchev–Trinajstić information content (AvgIpc) is 1.95. The Kier molecular flexibility index (Phi) is 3.99. The molecule has 0 spiro atoms. The quantitative estimate of drug-likeness (QED) is 0.376. The van der Waals surface area contributed by atoms with Crippen LogP contribution in [0.2, 0.25) is 0 Å². The van der Waals surface area contributed by atoms with E-state index in [0.29, 0.717) is 10.5 Å². The number of methoxy groups -OCH3 is 3. The second-order valence-corrected chi connectivity index (χ2v) is 1.72. The molecule has 0 aliphatic carbocycles. The largest absolute Gasteiger partial charge is 0.401 e. The first-order valence-electron chi connectivity index (χ1n) is 2.45. The second-order valence-electron chi connectivity index (χ2n) is 1.32. The topological polar surface area (TPSA) is 36.9 Å². The lowest BCUT2D eigenvalue weighted by Crippen LogP contribution is -2.38. The third-order valence-corrected chi connectivity index (χ3v) is 1.50. The average molecular weight is 152 g/mol. The van der Waals surface area contributed by atoms with Crippen molar-refractivity contribution < 1.29 is 18.6 Å². The van der Waals surface area contributed by atoms with E-state index in [1.807, 2.05) is 0 Å². The van der Waals surface area contributed by atoms with Crippen LogP contribution in [0.4, 0.5) is 0 Å². The van der Waals surface area contributed by atoms with Crippen LogP contribution in [0.3, 0.4) is 0 Å². The summed E-state index contributed by atoms with van der Waals surface area (Å²) in [5.41, 5.74) is 0. The van der Waals surface area contributed by atoms with Gasteiger partial charge in [-0.3, -0.25) is 0 Å². The van der Waals surface area contributed by atoms with Crippen molar-refractivity contribution in [2.24, 2.45) is 0 Å². The van der Waals surface area contributed by atoms with Gasteiger partial charge in [-0.25, -0.2) is 0 Å². The molecule has 5 heteroatoms. The monoisotopic (exact) mass is 152 g/mol. The summed E-state index contributed by atoms with van der Waals surface area (Å²) >= 11 is 0. The van der Waals surface area contributed by atoms with Crippen LogP contribution >= 0.6 is 0 Å². The molecule has 0 heterocycles. The van der Waals surface area contributed by atoms with Crippen LogP contribution in [0.25, 0.3) is 0 Å². The Labute approximate surface area is 57.6 Å². The van der Waals surface area contributed by atoms with Gasteiger partial charge in [0.25, 0.3) is 0 Å². The standard InChI is InChI=1S/C4H12O4Si/c1-5-4(6-2,7-3)8-9/h1-3,9H3. The minimum Gasteiger partial charge on any atom is -0.357 e. The van der Waals surface area contributed by atoms with Crippen LogP contribution in [0, 0.1) is 0 Å². The lowest BCUT2D eigenvalue weighted by molar-refractivity contribution is -0.449. The van der Waals surface area contributed by atoms with Crippen LogP contribution < -0.4 is 0 Å². The van der Waals surface area contributed by atoms with Gasteiger partial charge in [0, 0.05) is 21.3 Å². The molecule has 0 saturated heterocycles. The van der Waals surface area contributed by atoms with Crippen molar-refractivity contribution in [2.45, 2.75) is 6.16 Å². The molecule has 0 radical (unpaired) electrons. The summed E-state index contributed by atoms with van der Waals surface area (Å²) in [6.07, 6.45) is -1.27. The molecular formula is C4H12O4Si. The van der Waals surface area contributed by atoms with E-state index in [4.69, 9.17) is 18.6 Å². The van der Waals surface area contributed by atoms with Crippen molar-refractivity contribution in [3.63, 3.8) is 0 Å². The molecular weight excluding hydrogens is 140 g/mol. The summed E-state index contributed by atoms with van der Waals surface area (Å²) in [7, 11) is 4.85. The van der Waals surface area contributed by atoms with E-state index in [-0.39, 0.29) is 0 Å². The first-order valence-corrected chi connectivity index (χ1v) is 3.27. The normalized spacial score (nSPS) is 12.3. The molecule has 0 unspecified atom stereocenters. The van der Waals surface area contributed by atoms with Gasteiger partial charge in [0.05, 0.1) is 0 Å².